The van der Waals surface area contributed by atoms with Crippen LogP contribution in [0, 0.1) is 0 Å². The second-order valence-corrected chi connectivity index (χ2v) is 6.62. The van der Waals surface area contributed by atoms with Gasteiger partial charge in [0, 0.05) is 17.0 Å². The van der Waals surface area contributed by atoms with Crippen molar-refractivity contribution in [2.45, 2.75) is 12.5 Å². The molecule has 1 aromatic heterocycles. The molecule has 1 heterocycles. The van der Waals surface area contributed by atoms with E-state index < -0.39 is 0 Å². The van der Waals surface area contributed by atoms with Gasteiger partial charge in [-0.25, -0.2) is 0 Å². The van der Waals surface area contributed by atoms with Crippen LogP contribution in [-0.4, -0.2) is 17.3 Å². The maximum atomic E-state index is 6.53. The summed E-state index contributed by atoms with van der Waals surface area (Å²) in [5.41, 5.74) is 17.6. The van der Waals surface area contributed by atoms with E-state index in [1.807, 2.05) is 48.5 Å². The van der Waals surface area contributed by atoms with Crippen molar-refractivity contribution in [2.75, 3.05) is 12.8 Å². The van der Waals surface area contributed by atoms with Gasteiger partial charge in [-0.15, -0.1) is 0 Å². The van der Waals surface area contributed by atoms with Crippen molar-refractivity contribution >= 4 is 16.7 Å². The highest BCUT2D eigenvalue weighted by Gasteiger charge is 2.15. The predicted octanol–water partition coefficient (Wildman–Crippen LogP) is 4.06. The fraction of sp³-hybridized carbons (Fsp3) is 0.136. The van der Waals surface area contributed by atoms with Crippen LogP contribution >= 0.6 is 0 Å². The Morgan fingerprint density at radius 3 is 2.52 bits per heavy atom. The fourth-order valence-electron chi connectivity index (χ4n) is 3.40. The molecule has 1 atom stereocenters. The van der Waals surface area contributed by atoms with Crippen LogP contribution in [0.1, 0.15) is 17.2 Å². The van der Waals surface area contributed by atoms with Gasteiger partial charge >= 0.3 is 0 Å². The minimum atomic E-state index is -0.158. The summed E-state index contributed by atoms with van der Waals surface area (Å²) in [5, 5.41) is 7.95. The van der Waals surface area contributed by atoms with Crippen LogP contribution in [-0.2, 0) is 6.42 Å². The summed E-state index contributed by atoms with van der Waals surface area (Å²) < 4.78 is 5.56. The molecule has 0 aliphatic rings. The first kappa shape index (κ1) is 17.1. The Bertz CT molecular complexity index is 1070. The lowest BCUT2D eigenvalue weighted by Gasteiger charge is -2.17. The van der Waals surface area contributed by atoms with Crippen molar-refractivity contribution in [2.24, 2.45) is 5.73 Å². The Labute approximate surface area is 158 Å². The summed E-state index contributed by atoms with van der Waals surface area (Å²) in [5.74, 6) is 1.31. The Morgan fingerprint density at radius 2 is 1.74 bits per heavy atom. The molecular weight excluding hydrogens is 336 g/mol. The topological polar surface area (TPSA) is 90.0 Å². The third-order valence-corrected chi connectivity index (χ3v) is 4.85. The molecule has 1 unspecified atom stereocenters. The number of methoxy groups -OCH3 is 1. The van der Waals surface area contributed by atoms with E-state index in [0.717, 1.165) is 39.8 Å². The highest BCUT2D eigenvalue weighted by molar-refractivity contribution is 5.91. The third-order valence-electron chi connectivity index (χ3n) is 4.85. The van der Waals surface area contributed by atoms with Gasteiger partial charge in [-0.2, -0.15) is 5.10 Å². The molecule has 0 aliphatic heterocycles. The molecule has 4 aromatic rings. The zero-order chi connectivity index (χ0) is 18.8. The van der Waals surface area contributed by atoms with Crippen LogP contribution in [0.3, 0.4) is 0 Å². The number of nitrogens with one attached hydrogen (secondary N) is 1. The molecule has 4 rings (SSSR count). The van der Waals surface area contributed by atoms with Crippen molar-refractivity contribution < 1.29 is 4.74 Å². The quantitative estimate of drug-likeness (QED) is 0.502. The normalized spacial score (nSPS) is 12.2. The smallest absolute Gasteiger partial charge is 0.153 e. The van der Waals surface area contributed by atoms with E-state index in [1.54, 1.807) is 7.11 Å². The van der Waals surface area contributed by atoms with Gasteiger partial charge in [0.25, 0.3) is 0 Å². The van der Waals surface area contributed by atoms with Crippen LogP contribution < -0.4 is 16.2 Å². The third kappa shape index (κ3) is 3.37. The summed E-state index contributed by atoms with van der Waals surface area (Å²) in [4.78, 5) is 0. The summed E-state index contributed by atoms with van der Waals surface area (Å²) in [6.07, 6.45) is 0.747. The van der Waals surface area contributed by atoms with Crippen molar-refractivity contribution in [3.63, 3.8) is 0 Å². The number of nitrogens with two attached hydrogens (primary N) is 2. The largest absolute Gasteiger partial charge is 0.496 e. The number of aromatic nitrogens is 2. The number of benzene rings is 3. The number of hydrogen-bond donors (Lipinski definition) is 3. The molecule has 3 aromatic carbocycles. The maximum Gasteiger partial charge on any atom is 0.153 e. The van der Waals surface area contributed by atoms with E-state index in [4.69, 9.17) is 16.2 Å². The first-order chi connectivity index (χ1) is 13.2. The van der Waals surface area contributed by atoms with E-state index in [-0.39, 0.29) is 6.04 Å². The Balaban J connectivity index is 1.71. The molecule has 0 saturated heterocycles. The fourth-order valence-corrected chi connectivity index (χ4v) is 3.40. The van der Waals surface area contributed by atoms with Crippen molar-refractivity contribution in [3.8, 4) is 16.9 Å². The average Bonchev–Trinajstić information content (AvgIpc) is 3.08. The molecule has 136 valence electrons. The summed E-state index contributed by atoms with van der Waals surface area (Å²) in [6, 6.07) is 22.3. The minimum absolute atomic E-state index is 0.158. The lowest BCUT2D eigenvalue weighted by Crippen LogP contribution is -2.14. The van der Waals surface area contributed by atoms with Gasteiger partial charge < -0.3 is 16.2 Å². The molecule has 5 nitrogen and oxygen atoms in total. The van der Waals surface area contributed by atoms with Crippen LogP contribution in [0.5, 0.6) is 5.75 Å². The number of nitrogen functional groups attached to an aromatic ring is 1. The zero-order valence-corrected chi connectivity index (χ0v) is 15.1. The van der Waals surface area contributed by atoms with Crippen LogP contribution in [0.15, 0.2) is 66.7 Å². The van der Waals surface area contributed by atoms with Crippen molar-refractivity contribution in [1.29, 1.82) is 0 Å². The monoisotopic (exact) mass is 358 g/mol. The Kier molecular flexibility index (Phi) is 4.52. The summed E-state index contributed by atoms with van der Waals surface area (Å²) in [6.45, 7) is 0. The lowest BCUT2D eigenvalue weighted by atomic mass is 9.95. The molecule has 0 aliphatic carbocycles. The molecule has 5 heteroatoms. The number of ether oxygens (including phenoxy) is 1. The number of H-pyrrole nitrogens is 1. The van der Waals surface area contributed by atoms with Gasteiger partial charge in [0.1, 0.15) is 5.75 Å². The van der Waals surface area contributed by atoms with E-state index in [0.29, 0.717) is 5.82 Å². The van der Waals surface area contributed by atoms with E-state index in [1.165, 1.54) is 5.56 Å². The highest BCUT2D eigenvalue weighted by atomic mass is 16.5. The SMILES string of the molecule is COc1ccc(-c2ccc3c(N)n[nH]c3c2)cc1C(N)Cc1ccccc1. The van der Waals surface area contributed by atoms with Crippen LogP contribution in [0.25, 0.3) is 22.0 Å². The molecule has 0 spiro atoms. The van der Waals surface area contributed by atoms with E-state index in [2.05, 4.69) is 28.4 Å². The molecule has 0 radical (unpaired) electrons. The molecule has 0 saturated carbocycles. The number of aromatic amines is 1. The van der Waals surface area contributed by atoms with E-state index >= 15 is 0 Å². The van der Waals surface area contributed by atoms with Gasteiger partial charge in [-0.3, -0.25) is 5.10 Å². The second kappa shape index (κ2) is 7.13. The Hall–Kier alpha value is -3.31. The average molecular weight is 358 g/mol. The molecule has 27 heavy (non-hydrogen) atoms. The summed E-state index contributed by atoms with van der Waals surface area (Å²) in [7, 11) is 1.67. The first-order valence-electron chi connectivity index (χ1n) is 8.87. The Morgan fingerprint density at radius 1 is 1.00 bits per heavy atom. The molecule has 0 amide bonds. The molecule has 5 N–H and O–H groups in total. The van der Waals surface area contributed by atoms with E-state index in [9.17, 15) is 0 Å². The van der Waals surface area contributed by atoms with Gasteiger partial charge in [-0.05, 0) is 47.4 Å². The van der Waals surface area contributed by atoms with Gasteiger partial charge in [0.05, 0.1) is 12.6 Å². The number of nitrogens with zero attached hydrogens (tertiary/aromatic N) is 1. The standard InChI is InChI=1S/C22H22N4O/c1-27-21-10-8-15(16-7-9-17-20(13-16)25-26-22(17)24)12-18(21)19(23)11-14-5-3-2-4-6-14/h2-10,12-13,19H,11,23H2,1H3,(H3,24,25,26). The lowest BCUT2D eigenvalue weighted by molar-refractivity contribution is 0.405. The number of hydrogen-bond acceptors (Lipinski definition) is 4. The van der Waals surface area contributed by atoms with Crippen molar-refractivity contribution in [3.05, 3.63) is 77.9 Å². The van der Waals surface area contributed by atoms with Gasteiger partial charge in [-0.1, -0.05) is 42.5 Å². The van der Waals surface area contributed by atoms with Crippen LogP contribution in [0.2, 0.25) is 0 Å². The zero-order valence-electron chi connectivity index (χ0n) is 15.1. The molecule has 0 fully saturated rings. The predicted molar refractivity (Wildman–Crippen MR) is 110 cm³/mol. The maximum absolute atomic E-state index is 6.53. The van der Waals surface area contributed by atoms with Gasteiger partial charge in [0.2, 0.25) is 0 Å². The van der Waals surface area contributed by atoms with Crippen molar-refractivity contribution in [1.82, 2.24) is 10.2 Å². The number of rotatable bonds is 5. The highest BCUT2D eigenvalue weighted by Crippen LogP contribution is 2.33. The molecular formula is C22H22N4O. The second-order valence-electron chi connectivity index (χ2n) is 6.62. The van der Waals surface area contributed by atoms with Crippen LogP contribution in [0.4, 0.5) is 5.82 Å². The minimum Gasteiger partial charge on any atom is -0.496 e. The number of anilines is 1. The number of fused-ring (bicyclic) bond motifs is 1. The summed E-state index contributed by atoms with van der Waals surface area (Å²) >= 11 is 0. The molecule has 0 bridgehead atoms. The van der Waals surface area contributed by atoms with Gasteiger partial charge in [0.15, 0.2) is 5.82 Å². The first-order valence-corrected chi connectivity index (χ1v) is 8.87.